The third-order valence-electron chi connectivity index (χ3n) is 1.99. The summed E-state index contributed by atoms with van der Waals surface area (Å²) in [7, 11) is 0. The summed E-state index contributed by atoms with van der Waals surface area (Å²) in [5, 5.41) is 0. The number of rotatable bonds is 0. The Morgan fingerprint density at radius 3 is 1.00 bits per heavy atom. The third kappa shape index (κ3) is 6.24. The van der Waals surface area contributed by atoms with Crippen LogP contribution in [-0.2, 0) is 0 Å². The molecule has 0 heterocycles. The molecule has 0 heteroatoms. The lowest BCUT2D eigenvalue weighted by molar-refractivity contribution is 1.04. The van der Waals surface area contributed by atoms with Gasteiger partial charge in [-0.1, -0.05) is 60.8 Å². The Hall–Kier alpha value is -1.30. The van der Waals surface area contributed by atoms with E-state index in [1.807, 2.05) is 0 Å². The van der Waals surface area contributed by atoms with Gasteiger partial charge in [0.1, 0.15) is 0 Å². The summed E-state index contributed by atoms with van der Waals surface area (Å²) >= 11 is 0. The van der Waals surface area contributed by atoms with Gasteiger partial charge in [0, 0.05) is 0 Å². The fourth-order valence-corrected chi connectivity index (χ4v) is 1.21. The second-order valence-electron chi connectivity index (χ2n) is 3.25. The molecule has 0 radical (unpaired) electrons. The predicted octanol–water partition coefficient (Wildman–Crippen LogP) is 4.34. The standard InChI is InChI=1S/C14H18/c1-2-4-6-8-10-12-14-13-11-9-7-5-3-1/h1-6,11-14H,7-10H2/b2-1-,5-3+,6-4?,13-11+,14-12+. The van der Waals surface area contributed by atoms with Crippen molar-refractivity contribution in [1.82, 2.24) is 0 Å². The minimum absolute atomic E-state index is 1.12. The van der Waals surface area contributed by atoms with Gasteiger partial charge in [-0.25, -0.2) is 0 Å². The molecule has 0 fully saturated rings. The Bertz CT molecular complexity index is 234. The largest absolute Gasteiger partial charge is 0.0842 e. The zero-order valence-electron chi connectivity index (χ0n) is 8.60. The van der Waals surface area contributed by atoms with E-state index < -0.39 is 0 Å². The molecule has 1 rings (SSSR count). The summed E-state index contributed by atoms with van der Waals surface area (Å²) in [6.07, 6.45) is 26.0. The number of hydrogen-bond donors (Lipinski definition) is 0. The van der Waals surface area contributed by atoms with Crippen LogP contribution in [-0.4, -0.2) is 0 Å². The van der Waals surface area contributed by atoms with Crippen LogP contribution in [0.1, 0.15) is 25.7 Å². The molecule has 14 heavy (non-hydrogen) atoms. The highest BCUT2D eigenvalue weighted by atomic mass is 13.8. The van der Waals surface area contributed by atoms with Gasteiger partial charge >= 0.3 is 0 Å². The predicted molar refractivity (Wildman–Crippen MR) is 64.2 cm³/mol. The molecule has 1 aliphatic carbocycles. The molecule has 0 amide bonds. The van der Waals surface area contributed by atoms with E-state index in [2.05, 4.69) is 60.8 Å². The molecule has 0 nitrogen and oxygen atoms in total. The van der Waals surface area contributed by atoms with E-state index >= 15 is 0 Å². The van der Waals surface area contributed by atoms with Crippen LogP contribution >= 0.6 is 0 Å². The van der Waals surface area contributed by atoms with E-state index in [4.69, 9.17) is 0 Å². The molecule has 0 aromatic rings. The Morgan fingerprint density at radius 2 is 0.643 bits per heavy atom. The second-order valence-corrected chi connectivity index (χ2v) is 3.25. The fraction of sp³-hybridized carbons (Fsp3) is 0.286. The zero-order chi connectivity index (χ0) is 9.90. The minimum atomic E-state index is 1.12. The van der Waals surface area contributed by atoms with Crippen molar-refractivity contribution in [1.29, 1.82) is 0 Å². The molecule has 0 aliphatic heterocycles. The molecule has 0 atom stereocenters. The molecule has 1 aliphatic rings. The molecule has 0 aromatic heterocycles. The molecule has 0 saturated carbocycles. The Kier molecular flexibility index (Phi) is 6.39. The molecule has 0 N–H and O–H groups in total. The molecular formula is C14H18. The topological polar surface area (TPSA) is 0 Å². The monoisotopic (exact) mass is 186 g/mol. The molecular weight excluding hydrogens is 168 g/mol. The molecule has 0 unspecified atom stereocenters. The fourth-order valence-electron chi connectivity index (χ4n) is 1.21. The van der Waals surface area contributed by atoms with Crippen LogP contribution < -0.4 is 0 Å². The first-order valence-electron chi connectivity index (χ1n) is 5.30. The van der Waals surface area contributed by atoms with Crippen LogP contribution in [0.2, 0.25) is 0 Å². The summed E-state index contributed by atoms with van der Waals surface area (Å²) < 4.78 is 0. The lowest BCUT2D eigenvalue weighted by atomic mass is 10.2. The van der Waals surface area contributed by atoms with Crippen molar-refractivity contribution in [3.05, 3.63) is 60.8 Å². The molecule has 0 saturated heterocycles. The average molecular weight is 186 g/mol. The molecule has 0 aromatic carbocycles. The van der Waals surface area contributed by atoms with Gasteiger partial charge in [-0.3, -0.25) is 0 Å². The van der Waals surface area contributed by atoms with Crippen molar-refractivity contribution < 1.29 is 0 Å². The maximum absolute atomic E-state index is 2.21. The van der Waals surface area contributed by atoms with E-state index in [9.17, 15) is 0 Å². The SMILES string of the molecule is C1=CCC/C=C/C=C/CC/C=C/C=C\1. The van der Waals surface area contributed by atoms with Gasteiger partial charge in [0.15, 0.2) is 0 Å². The van der Waals surface area contributed by atoms with Gasteiger partial charge in [0.2, 0.25) is 0 Å². The Balaban J connectivity index is 2.45. The Labute approximate surface area is 87.0 Å². The summed E-state index contributed by atoms with van der Waals surface area (Å²) in [5.74, 6) is 0. The molecule has 0 spiro atoms. The lowest BCUT2D eigenvalue weighted by Gasteiger charge is -1.87. The van der Waals surface area contributed by atoms with Crippen LogP contribution in [0.5, 0.6) is 0 Å². The van der Waals surface area contributed by atoms with E-state index in [1.165, 1.54) is 0 Å². The molecule has 0 bridgehead atoms. The van der Waals surface area contributed by atoms with Crippen LogP contribution in [0.15, 0.2) is 60.8 Å². The first-order chi connectivity index (χ1) is 7.00. The van der Waals surface area contributed by atoms with Crippen molar-refractivity contribution in [3.8, 4) is 0 Å². The smallest absolute Gasteiger partial charge is 0.0313 e. The molecule has 74 valence electrons. The minimum Gasteiger partial charge on any atom is -0.0842 e. The van der Waals surface area contributed by atoms with Gasteiger partial charge in [0.25, 0.3) is 0 Å². The van der Waals surface area contributed by atoms with E-state index in [-0.39, 0.29) is 0 Å². The lowest BCUT2D eigenvalue weighted by Crippen LogP contribution is -1.66. The quantitative estimate of drug-likeness (QED) is 0.528. The average Bonchev–Trinajstić information content (AvgIpc) is 2.22. The summed E-state index contributed by atoms with van der Waals surface area (Å²) in [6.45, 7) is 0. The number of allylic oxidation sites excluding steroid dienone is 10. The van der Waals surface area contributed by atoms with Crippen LogP contribution in [0.3, 0.4) is 0 Å². The van der Waals surface area contributed by atoms with Gasteiger partial charge in [-0.2, -0.15) is 0 Å². The van der Waals surface area contributed by atoms with Crippen LogP contribution in [0, 0.1) is 0 Å². The van der Waals surface area contributed by atoms with Crippen molar-refractivity contribution in [2.24, 2.45) is 0 Å². The summed E-state index contributed by atoms with van der Waals surface area (Å²) in [5.41, 5.74) is 0. The zero-order valence-corrected chi connectivity index (χ0v) is 8.60. The van der Waals surface area contributed by atoms with Gasteiger partial charge in [0.05, 0.1) is 0 Å². The Morgan fingerprint density at radius 1 is 0.357 bits per heavy atom. The van der Waals surface area contributed by atoms with Gasteiger partial charge in [-0.05, 0) is 25.7 Å². The van der Waals surface area contributed by atoms with E-state index in [0.717, 1.165) is 25.7 Å². The highest BCUT2D eigenvalue weighted by Gasteiger charge is 1.77. The van der Waals surface area contributed by atoms with E-state index in [1.54, 1.807) is 0 Å². The van der Waals surface area contributed by atoms with E-state index in [0.29, 0.717) is 0 Å². The van der Waals surface area contributed by atoms with Crippen molar-refractivity contribution in [3.63, 3.8) is 0 Å². The van der Waals surface area contributed by atoms with Gasteiger partial charge < -0.3 is 0 Å². The normalized spacial score (nSPS) is 27.4. The first-order valence-corrected chi connectivity index (χ1v) is 5.30. The van der Waals surface area contributed by atoms with Crippen molar-refractivity contribution in [2.45, 2.75) is 25.7 Å². The van der Waals surface area contributed by atoms with Crippen LogP contribution in [0.25, 0.3) is 0 Å². The highest BCUT2D eigenvalue weighted by molar-refractivity contribution is 5.12. The van der Waals surface area contributed by atoms with Crippen molar-refractivity contribution >= 4 is 0 Å². The van der Waals surface area contributed by atoms with Gasteiger partial charge in [-0.15, -0.1) is 0 Å². The maximum Gasteiger partial charge on any atom is -0.0313 e. The first kappa shape index (κ1) is 10.8. The maximum atomic E-state index is 2.21. The summed E-state index contributed by atoms with van der Waals surface area (Å²) in [4.78, 5) is 0. The highest BCUT2D eigenvalue weighted by Crippen LogP contribution is 1.97. The summed E-state index contributed by atoms with van der Waals surface area (Å²) in [6, 6.07) is 0. The van der Waals surface area contributed by atoms with Crippen LogP contribution in [0.4, 0.5) is 0 Å². The third-order valence-corrected chi connectivity index (χ3v) is 1.99. The van der Waals surface area contributed by atoms with Crippen molar-refractivity contribution in [2.75, 3.05) is 0 Å². The number of hydrogen-bond acceptors (Lipinski definition) is 0. The second kappa shape index (κ2) is 8.31.